The van der Waals surface area contributed by atoms with Crippen LogP contribution in [0.4, 0.5) is 0 Å². The highest BCUT2D eigenvalue weighted by molar-refractivity contribution is 5.74. The average Bonchev–Trinajstić information content (AvgIpc) is 2.72. The van der Waals surface area contributed by atoms with Crippen LogP contribution in [0.15, 0.2) is 0 Å². The van der Waals surface area contributed by atoms with E-state index in [-0.39, 0.29) is 0 Å². The Morgan fingerprint density at radius 1 is 0.903 bits per heavy atom. The van der Waals surface area contributed by atoms with Gasteiger partial charge in [-0.1, -0.05) is 0 Å². The molecule has 0 saturated carbocycles. The Labute approximate surface area is 177 Å². The highest BCUT2D eigenvalue weighted by Gasteiger charge is 2.50. The maximum Gasteiger partial charge on any atom is 0.323 e. The van der Waals surface area contributed by atoms with Crippen molar-refractivity contribution < 1.29 is 64.6 Å². The SMILES string of the molecule is CC(C)(OCC1OC(OC2OC(CO)C(O)C(O)C2O)C(O)C(O)C1O)C(N)C(=O)O. The van der Waals surface area contributed by atoms with Crippen LogP contribution in [-0.2, 0) is 23.7 Å². The molecule has 2 heterocycles. The molecule has 2 fully saturated rings. The highest BCUT2D eigenvalue weighted by Crippen LogP contribution is 2.29. The summed E-state index contributed by atoms with van der Waals surface area (Å²) in [5.74, 6) is -1.32. The van der Waals surface area contributed by atoms with E-state index in [1.54, 1.807) is 0 Å². The number of nitrogens with two attached hydrogens (primary N) is 1. The number of carboxylic acids is 1. The Bertz CT molecular complexity index is 605. The molecule has 0 aromatic rings. The summed E-state index contributed by atoms with van der Waals surface area (Å²) >= 11 is 0. The van der Waals surface area contributed by atoms with Crippen molar-refractivity contribution in [3.63, 3.8) is 0 Å². The van der Waals surface area contributed by atoms with Crippen LogP contribution in [0.25, 0.3) is 0 Å². The normalized spacial score (nSPS) is 42.9. The number of rotatable bonds is 8. The molecule has 2 saturated heterocycles. The van der Waals surface area contributed by atoms with Gasteiger partial charge in [0.1, 0.15) is 54.9 Å². The Kier molecular flexibility index (Phi) is 8.71. The molecule has 14 nitrogen and oxygen atoms in total. The molecule has 11 unspecified atom stereocenters. The molecule has 31 heavy (non-hydrogen) atoms. The van der Waals surface area contributed by atoms with Gasteiger partial charge in [-0.05, 0) is 13.8 Å². The molecule has 182 valence electrons. The predicted molar refractivity (Wildman–Crippen MR) is 97.2 cm³/mol. The molecule has 14 heteroatoms. The molecule has 0 amide bonds. The maximum absolute atomic E-state index is 11.1. The third-order valence-corrected chi connectivity index (χ3v) is 5.42. The summed E-state index contributed by atoms with van der Waals surface area (Å²) < 4.78 is 21.3. The zero-order valence-electron chi connectivity index (χ0n) is 17.0. The molecule has 0 aliphatic carbocycles. The summed E-state index contributed by atoms with van der Waals surface area (Å²) in [4.78, 5) is 11.1. The molecule has 2 rings (SSSR count). The van der Waals surface area contributed by atoms with Gasteiger partial charge in [-0.3, -0.25) is 4.79 Å². The monoisotopic (exact) mass is 457 g/mol. The summed E-state index contributed by atoms with van der Waals surface area (Å²) in [5.41, 5.74) is 4.17. The molecule has 10 N–H and O–H groups in total. The fourth-order valence-corrected chi connectivity index (χ4v) is 3.16. The van der Waals surface area contributed by atoms with E-state index in [0.717, 1.165) is 0 Å². The quantitative estimate of drug-likeness (QED) is 0.165. The van der Waals surface area contributed by atoms with Gasteiger partial charge in [0.05, 0.1) is 18.8 Å². The second-order valence-corrected chi connectivity index (χ2v) is 8.08. The van der Waals surface area contributed by atoms with Gasteiger partial charge in [-0.2, -0.15) is 0 Å². The number of aliphatic carboxylic acids is 1. The molecule has 0 bridgehead atoms. The minimum atomic E-state index is -1.81. The Balaban J connectivity index is 2.08. The van der Waals surface area contributed by atoms with E-state index in [2.05, 4.69) is 0 Å². The second kappa shape index (κ2) is 10.3. The third-order valence-electron chi connectivity index (χ3n) is 5.42. The van der Waals surface area contributed by atoms with Gasteiger partial charge in [0.15, 0.2) is 12.6 Å². The van der Waals surface area contributed by atoms with Crippen molar-refractivity contribution in [1.29, 1.82) is 0 Å². The lowest BCUT2D eigenvalue weighted by Crippen LogP contribution is -2.64. The number of ether oxygens (including phenoxy) is 4. The zero-order chi connectivity index (χ0) is 23.7. The summed E-state index contributed by atoms with van der Waals surface area (Å²) in [6.45, 7) is 1.63. The van der Waals surface area contributed by atoms with Gasteiger partial charge in [0, 0.05) is 0 Å². The molecule has 0 aromatic carbocycles. The first-order chi connectivity index (χ1) is 14.3. The van der Waals surface area contributed by atoms with Crippen molar-refractivity contribution in [2.75, 3.05) is 13.2 Å². The second-order valence-electron chi connectivity index (χ2n) is 8.08. The fraction of sp³-hybridized carbons (Fsp3) is 0.941. The summed E-state index contributed by atoms with van der Waals surface area (Å²) in [7, 11) is 0. The molecule has 2 aliphatic rings. The molecular formula is C17H31NO13. The lowest BCUT2D eigenvalue weighted by atomic mass is 9.97. The topological polar surface area (TPSA) is 242 Å². The van der Waals surface area contributed by atoms with Crippen LogP contribution in [0, 0.1) is 0 Å². The van der Waals surface area contributed by atoms with Crippen molar-refractivity contribution in [2.24, 2.45) is 5.73 Å². The van der Waals surface area contributed by atoms with Crippen LogP contribution in [0.2, 0.25) is 0 Å². The summed E-state index contributed by atoms with van der Waals surface area (Å²) in [6.07, 6.45) is -16.4. The maximum atomic E-state index is 11.1. The van der Waals surface area contributed by atoms with Crippen molar-refractivity contribution in [3.05, 3.63) is 0 Å². The molecule has 0 radical (unpaired) electrons. The van der Waals surface area contributed by atoms with E-state index in [1.807, 2.05) is 0 Å². The summed E-state index contributed by atoms with van der Waals surface area (Å²) in [6, 6.07) is -1.41. The van der Waals surface area contributed by atoms with Crippen LogP contribution < -0.4 is 5.73 Å². The molecular weight excluding hydrogens is 426 g/mol. The molecule has 0 aromatic heterocycles. The lowest BCUT2D eigenvalue weighted by Gasteiger charge is -2.45. The highest BCUT2D eigenvalue weighted by atomic mass is 16.8. The third kappa shape index (κ3) is 5.68. The number of hydrogen-bond donors (Lipinski definition) is 9. The van der Waals surface area contributed by atoms with Gasteiger partial charge >= 0.3 is 5.97 Å². The van der Waals surface area contributed by atoms with Crippen LogP contribution in [-0.4, -0.2) is 133 Å². The standard InChI is InChI=1S/C17H31NO13/c1-17(2,13(18)14(26)27)28-4-6-8(21)10(23)12(25)16(30-6)31-15-11(24)9(22)7(20)5(3-19)29-15/h5-13,15-16,19-25H,3-4,18H2,1-2H3,(H,26,27). The smallest absolute Gasteiger partial charge is 0.323 e. The van der Waals surface area contributed by atoms with Crippen molar-refractivity contribution in [2.45, 2.75) is 86.9 Å². The first-order valence-electron chi connectivity index (χ1n) is 9.59. The van der Waals surface area contributed by atoms with E-state index in [0.29, 0.717) is 0 Å². The van der Waals surface area contributed by atoms with Gasteiger partial charge in [-0.25, -0.2) is 0 Å². The van der Waals surface area contributed by atoms with Crippen LogP contribution >= 0.6 is 0 Å². The van der Waals surface area contributed by atoms with E-state index >= 15 is 0 Å². The van der Waals surface area contributed by atoms with Crippen LogP contribution in [0.5, 0.6) is 0 Å². The van der Waals surface area contributed by atoms with Crippen LogP contribution in [0.1, 0.15) is 13.8 Å². The Morgan fingerprint density at radius 2 is 1.35 bits per heavy atom. The van der Waals surface area contributed by atoms with Gasteiger partial charge < -0.3 is 65.5 Å². The number of carbonyl (C=O) groups is 1. The van der Waals surface area contributed by atoms with E-state index in [1.165, 1.54) is 13.8 Å². The molecule has 11 atom stereocenters. The van der Waals surface area contributed by atoms with Crippen molar-refractivity contribution in [3.8, 4) is 0 Å². The molecule has 2 aliphatic heterocycles. The van der Waals surface area contributed by atoms with Crippen molar-refractivity contribution in [1.82, 2.24) is 0 Å². The number of aliphatic hydroxyl groups excluding tert-OH is 7. The van der Waals surface area contributed by atoms with Crippen LogP contribution in [0.3, 0.4) is 0 Å². The predicted octanol–water partition coefficient (Wildman–Crippen LogP) is -5.18. The van der Waals surface area contributed by atoms with E-state index in [4.69, 9.17) is 29.8 Å². The Morgan fingerprint density at radius 3 is 1.81 bits per heavy atom. The average molecular weight is 457 g/mol. The number of aliphatic hydroxyl groups is 7. The van der Waals surface area contributed by atoms with Crippen molar-refractivity contribution >= 4 is 5.97 Å². The van der Waals surface area contributed by atoms with E-state index < -0.39 is 92.2 Å². The zero-order valence-corrected chi connectivity index (χ0v) is 17.0. The minimum Gasteiger partial charge on any atom is -0.480 e. The van der Waals surface area contributed by atoms with Gasteiger partial charge in [0.25, 0.3) is 0 Å². The number of carboxylic acid groups (broad SMARTS) is 1. The lowest BCUT2D eigenvalue weighted by molar-refractivity contribution is -0.377. The first kappa shape index (κ1) is 26.2. The first-order valence-corrected chi connectivity index (χ1v) is 9.59. The van der Waals surface area contributed by atoms with Gasteiger partial charge in [0.2, 0.25) is 0 Å². The van der Waals surface area contributed by atoms with Gasteiger partial charge in [-0.15, -0.1) is 0 Å². The fourth-order valence-electron chi connectivity index (χ4n) is 3.16. The summed E-state index contributed by atoms with van der Waals surface area (Å²) in [5, 5.41) is 78.5. The molecule has 0 spiro atoms. The number of hydrogen-bond acceptors (Lipinski definition) is 13. The van der Waals surface area contributed by atoms with E-state index in [9.17, 15) is 40.5 Å². The largest absolute Gasteiger partial charge is 0.480 e. The Hall–Kier alpha value is -1.01. The minimum absolute atomic E-state index is 0.451.